The molecule has 0 spiro atoms. The molecule has 0 saturated carbocycles. The highest BCUT2D eigenvalue weighted by atomic mass is 19.1. The minimum Gasteiger partial charge on any atom is -0.382 e. The van der Waals surface area contributed by atoms with Gasteiger partial charge in [-0.1, -0.05) is 30.2 Å². The third-order valence-electron chi connectivity index (χ3n) is 5.83. The van der Waals surface area contributed by atoms with E-state index in [0.29, 0.717) is 34.2 Å². The summed E-state index contributed by atoms with van der Waals surface area (Å²) in [4.78, 5) is 30.2. The summed E-state index contributed by atoms with van der Waals surface area (Å²) in [5.41, 5.74) is 7.67. The summed E-state index contributed by atoms with van der Waals surface area (Å²) in [5, 5.41) is 3.39. The van der Waals surface area contributed by atoms with Crippen LogP contribution >= 0.6 is 0 Å². The number of nitrogen functional groups attached to an aromatic ring is 1. The summed E-state index contributed by atoms with van der Waals surface area (Å²) in [5.74, 6) is 5.56. The van der Waals surface area contributed by atoms with Crippen molar-refractivity contribution < 1.29 is 8.78 Å². The van der Waals surface area contributed by atoms with Crippen molar-refractivity contribution in [2.45, 2.75) is 13.3 Å². The van der Waals surface area contributed by atoms with E-state index in [-0.39, 0.29) is 35.2 Å². The van der Waals surface area contributed by atoms with Crippen LogP contribution in [0.3, 0.4) is 0 Å². The molecule has 3 heterocycles. The number of halogens is 2. The number of fused-ring (bicyclic) bond motifs is 1. The number of pyridine rings is 1. The summed E-state index contributed by atoms with van der Waals surface area (Å²) < 4.78 is 29.3. The van der Waals surface area contributed by atoms with Gasteiger partial charge >= 0.3 is 0 Å². The van der Waals surface area contributed by atoms with E-state index in [1.165, 1.54) is 29.1 Å². The predicted molar refractivity (Wildman–Crippen MR) is 141 cm³/mol. The fraction of sp³-hybridized carbons (Fsp3) is 0.107. The lowest BCUT2D eigenvalue weighted by atomic mass is 10.1. The number of nitrogens with two attached hydrogens (primary N) is 1. The first-order valence-electron chi connectivity index (χ1n) is 11.7. The first-order valence-corrected chi connectivity index (χ1v) is 11.7. The number of para-hydroxylation sites is 1. The Kier molecular flexibility index (Phi) is 6.74. The molecule has 0 aliphatic carbocycles. The largest absolute Gasteiger partial charge is 0.382 e. The Morgan fingerprint density at radius 2 is 1.82 bits per heavy atom. The van der Waals surface area contributed by atoms with Gasteiger partial charge in [0.05, 0.1) is 17.3 Å². The number of aryl methyl sites for hydroxylation is 1. The molecule has 5 aromatic rings. The van der Waals surface area contributed by atoms with Gasteiger partial charge in [-0.2, -0.15) is 0 Å². The fourth-order valence-corrected chi connectivity index (χ4v) is 3.99. The number of aromatic nitrogens is 5. The van der Waals surface area contributed by atoms with Crippen molar-refractivity contribution in [1.82, 2.24) is 24.5 Å². The molecule has 0 saturated heterocycles. The molecule has 0 fully saturated rings. The van der Waals surface area contributed by atoms with Crippen LogP contribution in [0.2, 0.25) is 0 Å². The van der Waals surface area contributed by atoms with E-state index in [9.17, 15) is 13.6 Å². The Labute approximate surface area is 216 Å². The van der Waals surface area contributed by atoms with Gasteiger partial charge in [0.1, 0.15) is 52.2 Å². The van der Waals surface area contributed by atoms with Crippen molar-refractivity contribution in [2.75, 3.05) is 17.6 Å². The van der Waals surface area contributed by atoms with Crippen LogP contribution in [-0.2, 0) is 6.42 Å². The van der Waals surface area contributed by atoms with E-state index < -0.39 is 11.6 Å². The number of hydrogen-bond acceptors (Lipinski definition) is 7. The van der Waals surface area contributed by atoms with Gasteiger partial charge in [0.15, 0.2) is 0 Å². The van der Waals surface area contributed by atoms with Crippen LogP contribution < -0.4 is 16.6 Å². The SMILES string of the molecule is Cc1ccc(F)c2nc(CCNc3ncnc(N)c3C#Cc3ccc(F)cn3)n(-c3ccccc3)c(=O)c12. The van der Waals surface area contributed by atoms with Crippen LogP contribution in [0.5, 0.6) is 0 Å². The molecule has 0 radical (unpaired) electrons. The zero-order chi connectivity index (χ0) is 26.6. The second kappa shape index (κ2) is 10.4. The Balaban J connectivity index is 1.48. The molecule has 0 unspecified atom stereocenters. The number of rotatable bonds is 5. The number of benzene rings is 2. The monoisotopic (exact) mass is 509 g/mol. The molecule has 3 aromatic heterocycles. The van der Waals surface area contributed by atoms with E-state index in [0.717, 1.165) is 6.20 Å². The standard InChI is InChI=1S/C28H21F2N7O/c1-17-7-12-22(30)25-24(17)28(38)37(20-5-3-2-4-6-20)23(36-25)13-14-32-27-21(26(31)34-16-35-27)11-10-19-9-8-18(29)15-33-19/h2-9,12,15-16H,13-14H2,1H3,(H3,31,32,34,35). The lowest BCUT2D eigenvalue weighted by molar-refractivity contribution is 0.621. The van der Waals surface area contributed by atoms with Crippen LogP contribution in [0.15, 0.2) is 71.9 Å². The first-order chi connectivity index (χ1) is 18.4. The van der Waals surface area contributed by atoms with Crippen molar-refractivity contribution in [3.05, 3.63) is 112 Å². The third kappa shape index (κ3) is 4.90. The normalized spacial score (nSPS) is 10.7. The maximum absolute atomic E-state index is 14.7. The van der Waals surface area contributed by atoms with Gasteiger partial charge < -0.3 is 11.1 Å². The number of hydrogen-bond donors (Lipinski definition) is 2. The molecular weight excluding hydrogens is 488 g/mol. The quantitative estimate of drug-likeness (QED) is 0.347. The highest BCUT2D eigenvalue weighted by Crippen LogP contribution is 2.20. The summed E-state index contributed by atoms with van der Waals surface area (Å²) in [6.07, 6.45) is 2.62. The van der Waals surface area contributed by atoms with Gasteiger partial charge in [-0.15, -0.1) is 0 Å². The molecule has 38 heavy (non-hydrogen) atoms. The van der Waals surface area contributed by atoms with Crippen molar-refractivity contribution in [1.29, 1.82) is 0 Å². The Hall–Kier alpha value is -5.17. The highest BCUT2D eigenvalue weighted by molar-refractivity contribution is 5.82. The Morgan fingerprint density at radius 1 is 1.00 bits per heavy atom. The Bertz CT molecular complexity index is 1760. The molecule has 0 bridgehead atoms. The molecule has 188 valence electrons. The Morgan fingerprint density at radius 3 is 2.58 bits per heavy atom. The van der Waals surface area contributed by atoms with Crippen LogP contribution in [0.25, 0.3) is 16.6 Å². The van der Waals surface area contributed by atoms with Crippen molar-refractivity contribution >= 4 is 22.5 Å². The molecule has 0 atom stereocenters. The van der Waals surface area contributed by atoms with Crippen LogP contribution in [-0.4, -0.2) is 31.0 Å². The molecule has 8 nitrogen and oxygen atoms in total. The van der Waals surface area contributed by atoms with E-state index >= 15 is 0 Å². The summed E-state index contributed by atoms with van der Waals surface area (Å²) in [7, 11) is 0. The number of anilines is 2. The zero-order valence-corrected chi connectivity index (χ0v) is 20.2. The van der Waals surface area contributed by atoms with Gasteiger partial charge in [-0.3, -0.25) is 9.36 Å². The van der Waals surface area contributed by atoms with E-state index in [1.807, 2.05) is 18.2 Å². The predicted octanol–water partition coefficient (Wildman–Crippen LogP) is 3.79. The summed E-state index contributed by atoms with van der Waals surface area (Å²) >= 11 is 0. The molecular formula is C28H21F2N7O. The van der Waals surface area contributed by atoms with E-state index in [2.05, 4.69) is 37.1 Å². The van der Waals surface area contributed by atoms with E-state index in [1.54, 1.807) is 25.1 Å². The first kappa shape index (κ1) is 24.5. The number of nitrogens with zero attached hydrogens (tertiary/aromatic N) is 5. The molecule has 10 heteroatoms. The molecule has 5 rings (SSSR count). The molecule has 0 amide bonds. The topological polar surface area (TPSA) is 112 Å². The molecule has 3 N–H and O–H groups in total. The smallest absolute Gasteiger partial charge is 0.266 e. The van der Waals surface area contributed by atoms with Crippen molar-refractivity contribution in [2.24, 2.45) is 0 Å². The maximum Gasteiger partial charge on any atom is 0.266 e. The van der Waals surface area contributed by atoms with Crippen LogP contribution in [0.4, 0.5) is 20.4 Å². The van der Waals surface area contributed by atoms with Gasteiger partial charge in [-0.25, -0.2) is 28.7 Å². The average Bonchev–Trinajstić information content (AvgIpc) is 2.92. The summed E-state index contributed by atoms with van der Waals surface area (Å²) in [6, 6.07) is 14.7. The van der Waals surface area contributed by atoms with Crippen LogP contribution in [0.1, 0.15) is 22.6 Å². The molecule has 2 aromatic carbocycles. The van der Waals surface area contributed by atoms with E-state index in [4.69, 9.17) is 5.73 Å². The average molecular weight is 510 g/mol. The van der Waals surface area contributed by atoms with Gasteiger partial charge in [-0.05, 0) is 48.7 Å². The van der Waals surface area contributed by atoms with Crippen molar-refractivity contribution in [3.63, 3.8) is 0 Å². The minimum absolute atomic E-state index is 0.0295. The molecule has 0 aliphatic rings. The second-order valence-corrected chi connectivity index (χ2v) is 8.36. The minimum atomic E-state index is -0.562. The highest BCUT2D eigenvalue weighted by Gasteiger charge is 2.17. The second-order valence-electron chi connectivity index (χ2n) is 8.36. The van der Waals surface area contributed by atoms with Crippen LogP contribution in [0, 0.1) is 30.4 Å². The lowest BCUT2D eigenvalue weighted by Crippen LogP contribution is -2.26. The molecule has 0 aliphatic heterocycles. The zero-order valence-electron chi connectivity index (χ0n) is 20.2. The summed E-state index contributed by atoms with van der Waals surface area (Å²) in [6.45, 7) is 2.03. The van der Waals surface area contributed by atoms with Gasteiger partial charge in [0.25, 0.3) is 5.56 Å². The maximum atomic E-state index is 14.7. The van der Waals surface area contributed by atoms with Gasteiger partial charge in [0, 0.05) is 13.0 Å². The van der Waals surface area contributed by atoms with Gasteiger partial charge in [0.2, 0.25) is 0 Å². The third-order valence-corrected chi connectivity index (χ3v) is 5.83. The fourth-order valence-electron chi connectivity index (χ4n) is 3.99. The number of nitrogens with one attached hydrogen (secondary N) is 1. The van der Waals surface area contributed by atoms with Crippen molar-refractivity contribution in [3.8, 4) is 17.5 Å². The lowest BCUT2D eigenvalue weighted by Gasteiger charge is -2.15.